The van der Waals surface area contributed by atoms with Gasteiger partial charge in [-0.1, -0.05) is 25.1 Å². The van der Waals surface area contributed by atoms with E-state index in [2.05, 4.69) is 22.2 Å². The first-order chi connectivity index (χ1) is 9.19. The Balaban J connectivity index is 2.20. The predicted molar refractivity (Wildman–Crippen MR) is 76.8 cm³/mol. The summed E-state index contributed by atoms with van der Waals surface area (Å²) in [6.07, 6.45) is 1.03. The first-order valence-electron chi connectivity index (χ1n) is 6.52. The van der Waals surface area contributed by atoms with Gasteiger partial charge in [0.15, 0.2) is 0 Å². The van der Waals surface area contributed by atoms with Gasteiger partial charge < -0.3 is 10.1 Å². The minimum absolute atomic E-state index is 0.570. The molecule has 4 heteroatoms. The van der Waals surface area contributed by atoms with E-state index in [1.54, 1.807) is 0 Å². The molecule has 0 saturated carbocycles. The second-order valence-corrected chi connectivity index (χ2v) is 4.47. The third kappa shape index (κ3) is 3.68. The van der Waals surface area contributed by atoms with E-state index in [0.717, 1.165) is 30.0 Å². The number of anilines is 1. The molecule has 4 nitrogen and oxygen atoms in total. The molecule has 0 amide bonds. The van der Waals surface area contributed by atoms with Crippen LogP contribution in [-0.4, -0.2) is 16.5 Å². The molecule has 1 aromatic carbocycles. The monoisotopic (exact) mass is 257 g/mol. The maximum Gasteiger partial charge on any atom is 0.226 e. The topological polar surface area (TPSA) is 47.0 Å². The maximum atomic E-state index is 5.82. The molecule has 1 heterocycles. The lowest BCUT2D eigenvalue weighted by molar-refractivity contribution is 0.458. The van der Waals surface area contributed by atoms with Gasteiger partial charge in [0, 0.05) is 18.3 Å². The zero-order valence-corrected chi connectivity index (χ0v) is 11.6. The highest BCUT2D eigenvalue weighted by molar-refractivity contribution is 5.37. The van der Waals surface area contributed by atoms with Gasteiger partial charge >= 0.3 is 0 Å². The summed E-state index contributed by atoms with van der Waals surface area (Å²) in [4.78, 5) is 8.70. The normalized spacial score (nSPS) is 10.3. The Morgan fingerprint density at radius 1 is 1.16 bits per heavy atom. The molecule has 0 bridgehead atoms. The molecule has 1 N–H and O–H groups in total. The van der Waals surface area contributed by atoms with Crippen molar-refractivity contribution in [3.63, 3.8) is 0 Å². The quantitative estimate of drug-likeness (QED) is 0.887. The molecule has 0 unspecified atom stereocenters. The summed E-state index contributed by atoms with van der Waals surface area (Å²) in [5, 5.41) is 3.17. The largest absolute Gasteiger partial charge is 0.439 e. The summed E-state index contributed by atoms with van der Waals surface area (Å²) in [5.41, 5.74) is 1.97. The molecule has 0 saturated heterocycles. The molecular weight excluding hydrogens is 238 g/mol. The van der Waals surface area contributed by atoms with Gasteiger partial charge in [0.05, 0.1) is 0 Å². The first kappa shape index (κ1) is 13.3. The van der Waals surface area contributed by atoms with Crippen molar-refractivity contribution in [1.82, 2.24) is 9.97 Å². The van der Waals surface area contributed by atoms with Gasteiger partial charge in [0.25, 0.3) is 0 Å². The number of hydrogen-bond donors (Lipinski definition) is 1. The molecule has 0 aliphatic carbocycles. The van der Waals surface area contributed by atoms with E-state index in [0.29, 0.717) is 11.8 Å². The average Bonchev–Trinajstić information content (AvgIpc) is 2.38. The van der Waals surface area contributed by atoms with Crippen molar-refractivity contribution in [2.45, 2.75) is 27.2 Å². The van der Waals surface area contributed by atoms with Crippen LogP contribution in [0.15, 0.2) is 30.3 Å². The molecule has 100 valence electrons. The molecule has 0 spiro atoms. The number of hydrogen-bond acceptors (Lipinski definition) is 4. The Hall–Kier alpha value is -2.10. The molecule has 0 radical (unpaired) electrons. The van der Waals surface area contributed by atoms with Gasteiger partial charge in [0.2, 0.25) is 11.8 Å². The standard InChI is InChI=1S/C15H19N3O/c1-4-9-16-15-17-12(3)10-14(18-15)19-13-8-6-5-7-11(13)2/h5-8,10H,4,9H2,1-3H3,(H,16,17,18). The summed E-state index contributed by atoms with van der Waals surface area (Å²) in [6, 6.07) is 9.73. The number of aromatic nitrogens is 2. The minimum Gasteiger partial charge on any atom is -0.439 e. The van der Waals surface area contributed by atoms with Crippen LogP contribution < -0.4 is 10.1 Å². The van der Waals surface area contributed by atoms with E-state index < -0.39 is 0 Å². The number of ether oxygens (including phenoxy) is 1. The van der Waals surface area contributed by atoms with E-state index in [1.165, 1.54) is 0 Å². The minimum atomic E-state index is 0.570. The molecule has 19 heavy (non-hydrogen) atoms. The van der Waals surface area contributed by atoms with Crippen molar-refractivity contribution in [2.75, 3.05) is 11.9 Å². The van der Waals surface area contributed by atoms with Crippen molar-refractivity contribution in [2.24, 2.45) is 0 Å². The lowest BCUT2D eigenvalue weighted by Gasteiger charge is -2.10. The predicted octanol–water partition coefficient (Wildman–Crippen LogP) is 3.71. The second kappa shape index (κ2) is 6.18. The van der Waals surface area contributed by atoms with E-state index in [4.69, 9.17) is 4.74 Å². The van der Waals surface area contributed by atoms with Crippen molar-refractivity contribution < 1.29 is 4.74 Å². The highest BCUT2D eigenvalue weighted by Gasteiger charge is 2.05. The fraction of sp³-hybridized carbons (Fsp3) is 0.333. The highest BCUT2D eigenvalue weighted by atomic mass is 16.5. The van der Waals surface area contributed by atoms with E-state index in [-0.39, 0.29) is 0 Å². The number of benzene rings is 1. The lowest BCUT2D eigenvalue weighted by atomic mass is 10.2. The summed E-state index contributed by atoms with van der Waals surface area (Å²) in [5.74, 6) is 2.01. The van der Waals surface area contributed by atoms with Crippen molar-refractivity contribution in [1.29, 1.82) is 0 Å². The summed E-state index contributed by atoms with van der Waals surface area (Å²) < 4.78 is 5.82. The Labute approximate surface area is 113 Å². The van der Waals surface area contributed by atoms with Crippen LogP contribution in [0.5, 0.6) is 11.6 Å². The number of nitrogens with one attached hydrogen (secondary N) is 1. The van der Waals surface area contributed by atoms with E-state index in [1.807, 2.05) is 44.2 Å². The molecular formula is C15H19N3O. The summed E-state index contributed by atoms with van der Waals surface area (Å²) in [6.45, 7) is 6.91. The van der Waals surface area contributed by atoms with Gasteiger partial charge in [-0.15, -0.1) is 0 Å². The van der Waals surface area contributed by atoms with Crippen molar-refractivity contribution in [3.05, 3.63) is 41.6 Å². The van der Waals surface area contributed by atoms with E-state index in [9.17, 15) is 0 Å². The molecule has 0 aliphatic heterocycles. The summed E-state index contributed by atoms with van der Waals surface area (Å²) in [7, 11) is 0. The fourth-order valence-electron chi connectivity index (χ4n) is 1.69. The zero-order valence-electron chi connectivity index (χ0n) is 11.6. The van der Waals surface area contributed by atoms with Gasteiger partial charge in [-0.3, -0.25) is 0 Å². The molecule has 0 aliphatic rings. The van der Waals surface area contributed by atoms with Crippen molar-refractivity contribution >= 4 is 5.95 Å². The third-order valence-corrected chi connectivity index (χ3v) is 2.67. The van der Waals surface area contributed by atoms with Crippen LogP contribution >= 0.6 is 0 Å². The molecule has 0 fully saturated rings. The van der Waals surface area contributed by atoms with Crippen molar-refractivity contribution in [3.8, 4) is 11.6 Å². The van der Waals surface area contributed by atoms with Gasteiger partial charge in [0.1, 0.15) is 5.75 Å². The fourth-order valence-corrected chi connectivity index (χ4v) is 1.69. The molecule has 2 aromatic rings. The maximum absolute atomic E-state index is 5.82. The zero-order chi connectivity index (χ0) is 13.7. The number of nitrogens with zero attached hydrogens (tertiary/aromatic N) is 2. The number of para-hydroxylation sites is 1. The first-order valence-corrected chi connectivity index (χ1v) is 6.52. The highest BCUT2D eigenvalue weighted by Crippen LogP contribution is 2.24. The van der Waals surface area contributed by atoms with Crippen LogP contribution in [0.25, 0.3) is 0 Å². The Morgan fingerprint density at radius 3 is 2.68 bits per heavy atom. The number of aryl methyl sites for hydroxylation is 2. The van der Waals surface area contributed by atoms with Gasteiger partial charge in [-0.25, -0.2) is 4.98 Å². The second-order valence-electron chi connectivity index (χ2n) is 4.47. The van der Waals surface area contributed by atoms with Crippen LogP contribution in [0.3, 0.4) is 0 Å². The third-order valence-electron chi connectivity index (χ3n) is 2.67. The molecule has 1 aromatic heterocycles. The number of rotatable bonds is 5. The van der Waals surface area contributed by atoms with Crippen LogP contribution in [0.2, 0.25) is 0 Å². The van der Waals surface area contributed by atoms with Crippen LogP contribution in [-0.2, 0) is 0 Å². The average molecular weight is 257 g/mol. The van der Waals surface area contributed by atoms with Gasteiger partial charge in [-0.05, 0) is 31.9 Å². The molecule has 0 atom stereocenters. The molecule has 2 rings (SSSR count). The Bertz CT molecular complexity index is 555. The van der Waals surface area contributed by atoms with E-state index >= 15 is 0 Å². The van der Waals surface area contributed by atoms with Crippen LogP contribution in [0.4, 0.5) is 5.95 Å². The Morgan fingerprint density at radius 2 is 1.95 bits per heavy atom. The van der Waals surface area contributed by atoms with Gasteiger partial charge in [-0.2, -0.15) is 4.98 Å². The van der Waals surface area contributed by atoms with Crippen LogP contribution in [0, 0.1) is 13.8 Å². The lowest BCUT2D eigenvalue weighted by Crippen LogP contribution is -2.05. The SMILES string of the molecule is CCCNc1nc(C)cc(Oc2ccccc2C)n1. The summed E-state index contributed by atoms with van der Waals surface area (Å²) >= 11 is 0. The Kier molecular flexibility index (Phi) is 4.34. The van der Waals surface area contributed by atoms with Crippen LogP contribution in [0.1, 0.15) is 24.6 Å². The smallest absolute Gasteiger partial charge is 0.226 e.